The highest BCUT2D eigenvalue weighted by Crippen LogP contribution is 2.39. The number of carbonyl (C=O) groups excluding carboxylic acids is 1. The number of aromatic nitrogens is 4. The van der Waals surface area contributed by atoms with Crippen LogP contribution in [0.15, 0.2) is 53.8 Å². The molecule has 1 aliphatic rings. The lowest BCUT2D eigenvalue weighted by molar-refractivity contribution is -0.146. The highest BCUT2D eigenvalue weighted by atomic mass is 32.1. The second-order valence-electron chi connectivity index (χ2n) is 8.13. The summed E-state index contributed by atoms with van der Waals surface area (Å²) in [7, 11) is 0. The highest BCUT2D eigenvalue weighted by Gasteiger charge is 2.32. The molecule has 8 nitrogen and oxygen atoms in total. The lowest BCUT2D eigenvalue weighted by Gasteiger charge is -2.13. The third-order valence-corrected chi connectivity index (χ3v) is 7.00. The van der Waals surface area contributed by atoms with E-state index in [0.717, 1.165) is 44.5 Å². The number of hydrogen-bond acceptors (Lipinski definition) is 8. The normalized spacial score (nSPS) is 14.6. The van der Waals surface area contributed by atoms with Crippen molar-refractivity contribution < 1.29 is 9.53 Å². The first kappa shape index (κ1) is 22.0. The molecule has 1 N–H and O–H groups in total. The van der Waals surface area contributed by atoms with E-state index in [4.69, 9.17) is 9.73 Å². The molecular weight excluding hydrogens is 448 g/mol. The Morgan fingerprint density at radius 2 is 1.82 bits per heavy atom. The quantitative estimate of drug-likeness (QED) is 0.424. The van der Waals surface area contributed by atoms with E-state index in [2.05, 4.69) is 34.3 Å². The van der Waals surface area contributed by atoms with Crippen molar-refractivity contribution >= 4 is 28.7 Å². The van der Waals surface area contributed by atoms with Crippen LogP contribution in [0, 0.1) is 20.8 Å². The van der Waals surface area contributed by atoms with Gasteiger partial charge < -0.3 is 10.1 Å². The summed E-state index contributed by atoms with van der Waals surface area (Å²) in [5, 5.41) is 13.0. The van der Waals surface area contributed by atoms with Gasteiger partial charge in [-0.05, 0) is 56.2 Å². The highest BCUT2D eigenvalue weighted by molar-refractivity contribution is 7.15. The molecule has 1 aliphatic heterocycles. The van der Waals surface area contributed by atoms with Crippen molar-refractivity contribution in [2.75, 3.05) is 5.32 Å². The van der Waals surface area contributed by atoms with E-state index >= 15 is 0 Å². The van der Waals surface area contributed by atoms with Gasteiger partial charge in [0.15, 0.2) is 0 Å². The number of aliphatic imine (C=N–C) groups is 1. The van der Waals surface area contributed by atoms with Crippen molar-refractivity contribution in [2.45, 2.75) is 40.5 Å². The number of ether oxygens (including phenoxy) is 1. The molecule has 0 unspecified atom stereocenters. The number of carbonyl (C=O) groups is 1. The van der Waals surface area contributed by atoms with Gasteiger partial charge in [-0.1, -0.05) is 12.1 Å². The molecule has 0 bridgehead atoms. The first-order chi connectivity index (χ1) is 16.4. The average molecular weight is 473 g/mol. The van der Waals surface area contributed by atoms with Gasteiger partial charge in [-0.15, -0.1) is 21.5 Å². The molecule has 0 saturated heterocycles. The second-order valence-corrected chi connectivity index (χ2v) is 9.33. The number of esters is 1. The fraction of sp³-hybridized carbons (Fsp3) is 0.240. The molecule has 3 aromatic heterocycles. The second kappa shape index (κ2) is 8.83. The molecular formula is C25H24N6O2S. The molecule has 5 rings (SSSR count). The molecule has 0 saturated carbocycles. The summed E-state index contributed by atoms with van der Waals surface area (Å²) in [6, 6.07) is 12.1. The predicted octanol–water partition coefficient (Wildman–Crippen LogP) is 4.67. The van der Waals surface area contributed by atoms with Crippen molar-refractivity contribution in [3.05, 3.63) is 87.6 Å². The maximum Gasteiger partial charge on any atom is 0.304 e. The molecule has 4 aromatic rings. The van der Waals surface area contributed by atoms with Crippen molar-refractivity contribution in [1.82, 2.24) is 19.7 Å². The largest absolute Gasteiger partial charge is 0.432 e. The number of rotatable bonds is 5. The summed E-state index contributed by atoms with van der Waals surface area (Å²) in [4.78, 5) is 22.1. The average Bonchev–Trinajstić information content (AvgIpc) is 3.31. The third-order valence-electron chi connectivity index (χ3n) is 5.81. The molecule has 0 fully saturated rings. The van der Waals surface area contributed by atoms with Crippen molar-refractivity contribution in [2.24, 2.45) is 4.99 Å². The number of fused-ring (bicyclic) bond motifs is 3. The molecule has 9 heteroatoms. The number of thiophene rings is 1. The Morgan fingerprint density at radius 1 is 1.09 bits per heavy atom. The first-order valence-electron chi connectivity index (χ1n) is 10.9. The predicted molar refractivity (Wildman–Crippen MR) is 132 cm³/mol. The molecule has 172 valence electrons. The molecule has 1 aromatic carbocycles. The van der Waals surface area contributed by atoms with Crippen LogP contribution in [-0.4, -0.2) is 31.4 Å². The van der Waals surface area contributed by atoms with E-state index < -0.39 is 12.2 Å². The van der Waals surface area contributed by atoms with Crippen LogP contribution in [0.25, 0.3) is 5.00 Å². The molecule has 0 radical (unpaired) electrons. The van der Waals surface area contributed by atoms with E-state index in [9.17, 15) is 4.79 Å². The molecule has 0 amide bonds. The maximum atomic E-state index is 11.9. The number of anilines is 1. The third kappa shape index (κ3) is 3.99. The van der Waals surface area contributed by atoms with Gasteiger partial charge in [-0.25, -0.2) is 4.99 Å². The Kier molecular flexibility index (Phi) is 5.70. The number of pyridine rings is 1. The van der Waals surface area contributed by atoms with Gasteiger partial charge in [0, 0.05) is 47.6 Å². The number of aryl methyl sites for hydroxylation is 2. The summed E-state index contributed by atoms with van der Waals surface area (Å²) in [6.07, 6.45) is 2.70. The van der Waals surface area contributed by atoms with Crippen LogP contribution >= 0.6 is 11.3 Å². The van der Waals surface area contributed by atoms with Gasteiger partial charge in [0.05, 0.1) is 5.71 Å². The summed E-state index contributed by atoms with van der Waals surface area (Å²) < 4.78 is 7.54. The van der Waals surface area contributed by atoms with Crippen LogP contribution in [0.2, 0.25) is 0 Å². The Bertz CT molecular complexity index is 1390. The minimum Gasteiger partial charge on any atom is -0.432 e. The number of benzene rings is 1. The first-order valence-corrected chi connectivity index (χ1v) is 11.7. The fourth-order valence-corrected chi connectivity index (χ4v) is 5.19. The van der Waals surface area contributed by atoms with Crippen LogP contribution in [-0.2, 0) is 16.1 Å². The van der Waals surface area contributed by atoms with Crippen LogP contribution < -0.4 is 5.32 Å². The Hall–Kier alpha value is -3.85. The number of hydrogen-bond donors (Lipinski definition) is 1. The van der Waals surface area contributed by atoms with E-state index in [0.29, 0.717) is 12.4 Å². The van der Waals surface area contributed by atoms with E-state index in [1.165, 1.54) is 11.8 Å². The van der Waals surface area contributed by atoms with Crippen LogP contribution in [0.3, 0.4) is 0 Å². The fourth-order valence-electron chi connectivity index (χ4n) is 3.98. The van der Waals surface area contributed by atoms with Crippen molar-refractivity contribution in [3.63, 3.8) is 0 Å². The van der Waals surface area contributed by atoms with Crippen LogP contribution in [0.4, 0.5) is 5.69 Å². The SMILES string of the molecule is CC(=O)O[C@@H]1N=C(c2ccc(NCc3ccncc3)cc2)c2c(sc(C)c2C)-n2c(C)nnc21. The molecule has 34 heavy (non-hydrogen) atoms. The molecule has 0 aliphatic carbocycles. The smallest absolute Gasteiger partial charge is 0.304 e. The molecule has 0 spiro atoms. The van der Waals surface area contributed by atoms with Gasteiger partial charge in [0.25, 0.3) is 6.23 Å². The minimum absolute atomic E-state index is 0.422. The monoisotopic (exact) mass is 472 g/mol. The number of nitrogens with zero attached hydrogens (tertiary/aromatic N) is 5. The topological polar surface area (TPSA) is 94.3 Å². The Balaban J connectivity index is 1.56. The number of nitrogens with one attached hydrogen (secondary N) is 1. The van der Waals surface area contributed by atoms with Crippen molar-refractivity contribution in [1.29, 1.82) is 0 Å². The zero-order valence-corrected chi connectivity index (χ0v) is 20.2. The Labute approximate surface area is 201 Å². The zero-order valence-electron chi connectivity index (χ0n) is 19.4. The lowest BCUT2D eigenvalue weighted by atomic mass is 9.99. The summed E-state index contributed by atoms with van der Waals surface area (Å²) >= 11 is 1.66. The van der Waals surface area contributed by atoms with Gasteiger partial charge in [-0.3, -0.25) is 14.3 Å². The molecule has 1 atom stereocenters. The zero-order chi connectivity index (χ0) is 23.8. The Morgan fingerprint density at radius 3 is 2.53 bits per heavy atom. The standard InChI is InChI=1S/C25H24N6O2S/c1-14-15(2)34-25-21(14)22(28-24(33-17(4)32)23-30-29-16(3)31(23)25)19-5-7-20(8-6-19)27-13-18-9-11-26-12-10-18/h5-12,24,27H,13H2,1-4H3/t24-/m0/s1. The van der Waals surface area contributed by atoms with E-state index in [-0.39, 0.29) is 0 Å². The van der Waals surface area contributed by atoms with Gasteiger partial charge in [0.2, 0.25) is 5.82 Å². The van der Waals surface area contributed by atoms with Crippen molar-refractivity contribution in [3.8, 4) is 5.00 Å². The summed E-state index contributed by atoms with van der Waals surface area (Å²) in [5.74, 6) is 0.803. The minimum atomic E-state index is -0.877. The van der Waals surface area contributed by atoms with Crippen LogP contribution in [0.1, 0.15) is 51.9 Å². The summed E-state index contributed by atoms with van der Waals surface area (Å²) in [6.45, 7) is 8.17. The van der Waals surface area contributed by atoms with E-state index in [1.807, 2.05) is 47.9 Å². The van der Waals surface area contributed by atoms with Gasteiger partial charge in [-0.2, -0.15) is 0 Å². The summed E-state index contributed by atoms with van der Waals surface area (Å²) in [5.41, 5.74) is 6.01. The molecule has 4 heterocycles. The van der Waals surface area contributed by atoms with Gasteiger partial charge in [0.1, 0.15) is 10.8 Å². The maximum absolute atomic E-state index is 11.9. The van der Waals surface area contributed by atoms with Crippen LogP contribution in [0.5, 0.6) is 0 Å². The van der Waals surface area contributed by atoms with E-state index in [1.54, 1.807) is 23.7 Å². The van der Waals surface area contributed by atoms with Gasteiger partial charge >= 0.3 is 5.97 Å². The lowest BCUT2D eigenvalue weighted by Crippen LogP contribution is -2.12.